The first-order chi connectivity index (χ1) is 15.5. The number of amides is 1. The first-order valence-electron chi connectivity index (χ1n) is 10.3. The van der Waals surface area contributed by atoms with Crippen molar-refractivity contribution in [1.82, 2.24) is 14.8 Å². The maximum atomic E-state index is 12.6. The van der Waals surface area contributed by atoms with Crippen LogP contribution in [0.3, 0.4) is 0 Å². The van der Waals surface area contributed by atoms with Crippen molar-refractivity contribution in [1.29, 1.82) is 0 Å². The molecule has 5 nitrogen and oxygen atoms in total. The molecule has 4 rings (SSSR count). The topological polar surface area (TPSA) is 59.8 Å². The number of carbonyl (C=O) groups is 1. The molecule has 0 unspecified atom stereocenters. The minimum absolute atomic E-state index is 0.0856. The molecule has 3 aromatic carbocycles. The van der Waals surface area contributed by atoms with E-state index in [1.54, 1.807) is 0 Å². The van der Waals surface area contributed by atoms with Crippen LogP contribution in [0.1, 0.15) is 18.1 Å². The van der Waals surface area contributed by atoms with E-state index in [2.05, 4.69) is 62.6 Å². The van der Waals surface area contributed by atoms with Crippen LogP contribution in [0.15, 0.2) is 82.4 Å². The number of anilines is 1. The van der Waals surface area contributed by atoms with Crippen LogP contribution in [0, 0.1) is 6.92 Å². The highest BCUT2D eigenvalue weighted by molar-refractivity contribution is 9.10. The molecule has 7 heteroatoms. The Bertz CT molecular complexity index is 1220. The molecule has 0 atom stereocenters. The van der Waals surface area contributed by atoms with Gasteiger partial charge in [0, 0.05) is 21.4 Å². The zero-order valence-corrected chi connectivity index (χ0v) is 20.3. The lowest BCUT2D eigenvalue weighted by Gasteiger charge is -2.12. The number of carbonyl (C=O) groups excluding carboxylic acids is 1. The van der Waals surface area contributed by atoms with Crippen LogP contribution in [0.2, 0.25) is 0 Å². The summed E-state index contributed by atoms with van der Waals surface area (Å²) >= 11 is 4.82. The summed E-state index contributed by atoms with van der Waals surface area (Å²) in [6.07, 6.45) is 0.977. The largest absolute Gasteiger partial charge is 0.325 e. The molecular weight excluding hydrogens is 484 g/mol. The maximum absolute atomic E-state index is 12.6. The van der Waals surface area contributed by atoms with E-state index < -0.39 is 0 Å². The smallest absolute Gasteiger partial charge is 0.234 e. The summed E-state index contributed by atoms with van der Waals surface area (Å²) in [6.45, 7) is 4.10. The highest BCUT2D eigenvalue weighted by Gasteiger charge is 2.17. The van der Waals surface area contributed by atoms with Crippen molar-refractivity contribution in [3.8, 4) is 17.1 Å². The van der Waals surface area contributed by atoms with Gasteiger partial charge in [-0.3, -0.25) is 9.36 Å². The zero-order chi connectivity index (χ0) is 22.5. The fraction of sp³-hybridized carbons (Fsp3) is 0.160. The predicted octanol–water partition coefficient (Wildman–Crippen LogP) is 6.30. The van der Waals surface area contributed by atoms with Crippen molar-refractivity contribution < 1.29 is 4.79 Å². The van der Waals surface area contributed by atoms with Crippen molar-refractivity contribution >= 4 is 39.3 Å². The normalized spacial score (nSPS) is 10.8. The number of rotatable bonds is 7. The van der Waals surface area contributed by atoms with Gasteiger partial charge in [-0.25, -0.2) is 0 Å². The third-order valence-electron chi connectivity index (χ3n) is 5.06. The molecule has 0 fully saturated rings. The molecule has 4 aromatic rings. The molecule has 0 saturated heterocycles. The quantitative estimate of drug-likeness (QED) is 0.299. The van der Waals surface area contributed by atoms with Gasteiger partial charge >= 0.3 is 0 Å². The van der Waals surface area contributed by atoms with E-state index in [9.17, 15) is 4.79 Å². The highest BCUT2D eigenvalue weighted by Crippen LogP contribution is 2.28. The molecule has 0 saturated carbocycles. The summed E-state index contributed by atoms with van der Waals surface area (Å²) in [6, 6.07) is 24.1. The summed E-state index contributed by atoms with van der Waals surface area (Å²) in [5.74, 6) is 0.897. The highest BCUT2D eigenvalue weighted by atomic mass is 79.9. The lowest BCUT2D eigenvalue weighted by atomic mass is 10.1. The second kappa shape index (κ2) is 10.1. The van der Waals surface area contributed by atoms with E-state index in [4.69, 9.17) is 0 Å². The SMILES string of the molecule is CCc1ccc(-n2c(SCC(=O)Nc3ccc(Br)cc3C)nnc2-c2ccccc2)cc1. The molecule has 1 aromatic heterocycles. The Labute approximate surface area is 200 Å². The van der Waals surface area contributed by atoms with Crippen molar-refractivity contribution in [2.24, 2.45) is 0 Å². The van der Waals surface area contributed by atoms with E-state index in [0.717, 1.165) is 39.2 Å². The van der Waals surface area contributed by atoms with Gasteiger partial charge in [0.2, 0.25) is 5.91 Å². The van der Waals surface area contributed by atoms with Gasteiger partial charge in [0.05, 0.1) is 5.75 Å². The van der Waals surface area contributed by atoms with Crippen molar-refractivity contribution in [2.45, 2.75) is 25.4 Å². The number of thioether (sulfide) groups is 1. The lowest BCUT2D eigenvalue weighted by Crippen LogP contribution is -2.15. The monoisotopic (exact) mass is 506 g/mol. The van der Waals surface area contributed by atoms with Gasteiger partial charge in [0.25, 0.3) is 0 Å². The van der Waals surface area contributed by atoms with Gasteiger partial charge in [-0.05, 0) is 54.8 Å². The van der Waals surface area contributed by atoms with E-state index in [1.165, 1.54) is 17.3 Å². The number of hydrogen-bond donors (Lipinski definition) is 1. The van der Waals surface area contributed by atoms with Gasteiger partial charge in [0.1, 0.15) is 0 Å². The first-order valence-corrected chi connectivity index (χ1v) is 12.1. The molecule has 0 bridgehead atoms. The molecule has 0 radical (unpaired) electrons. The van der Waals surface area contributed by atoms with Crippen LogP contribution in [0.25, 0.3) is 17.1 Å². The Morgan fingerprint density at radius 3 is 2.47 bits per heavy atom. The van der Waals surface area contributed by atoms with Crippen LogP contribution in [0.5, 0.6) is 0 Å². The average molecular weight is 507 g/mol. The van der Waals surface area contributed by atoms with Crippen LogP contribution >= 0.6 is 27.7 Å². The molecule has 1 N–H and O–H groups in total. The standard InChI is InChI=1S/C25H23BrN4OS/c1-3-18-9-12-21(13-10-18)30-24(19-7-5-4-6-8-19)28-29-25(30)32-16-23(31)27-22-14-11-20(26)15-17(22)2/h4-15H,3,16H2,1-2H3,(H,27,31). The zero-order valence-electron chi connectivity index (χ0n) is 17.9. The molecule has 0 aliphatic heterocycles. The maximum Gasteiger partial charge on any atom is 0.234 e. The second-order valence-electron chi connectivity index (χ2n) is 7.32. The Kier molecular flexibility index (Phi) is 7.07. The number of aryl methyl sites for hydroxylation is 2. The Morgan fingerprint density at radius 2 is 1.78 bits per heavy atom. The summed E-state index contributed by atoms with van der Waals surface area (Å²) in [4.78, 5) is 12.6. The van der Waals surface area contributed by atoms with Crippen LogP contribution < -0.4 is 5.32 Å². The van der Waals surface area contributed by atoms with Crippen LogP contribution in [-0.2, 0) is 11.2 Å². The summed E-state index contributed by atoms with van der Waals surface area (Å²) in [5.41, 5.74) is 5.02. The summed E-state index contributed by atoms with van der Waals surface area (Å²) < 4.78 is 3.00. The van der Waals surface area contributed by atoms with Crippen molar-refractivity contribution in [3.63, 3.8) is 0 Å². The molecule has 0 aliphatic carbocycles. The van der Waals surface area contributed by atoms with Crippen LogP contribution in [-0.4, -0.2) is 26.4 Å². The summed E-state index contributed by atoms with van der Waals surface area (Å²) in [5, 5.41) is 12.5. The first kappa shape index (κ1) is 22.3. The minimum atomic E-state index is -0.0856. The molecule has 1 heterocycles. The average Bonchev–Trinajstić information content (AvgIpc) is 3.24. The predicted molar refractivity (Wildman–Crippen MR) is 134 cm³/mol. The Balaban J connectivity index is 1.59. The molecule has 1 amide bonds. The van der Waals surface area contributed by atoms with Gasteiger partial charge in [-0.2, -0.15) is 0 Å². The van der Waals surface area contributed by atoms with E-state index >= 15 is 0 Å². The van der Waals surface area contributed by atoms with Crippen LogP contribution in [0.4, 0.5) is 5.69 Å². The molecule has 32 heavy (non-hydrogen) atoms. The van der Waals surface area contributed by atoms with Gasteiger partial charge < -0.3 is 5.32 Å². The molecule has 0 spiro atoms. The lowest BCUT2D eigenvalue weighted by molar-refractivity contribution is -0.113. The van der Waals surface area contributed by atoms with E-state index in [0.29, 0.717) is 5.16 Å². The molecule has 0 aliphatic rings. The number of benzene rings is 3. The van der Waals surface area contributed by atoms with Crippen molar-refractivity contribution in [2.75, 3.05) is 11.1 Å². The Hall–Kier alpha value is -2.90. The molecule has 162 valence electrons. The number of halogens is 1. The van der Waals surface area contributed by atoms with E-state index in [1.807, 2.05) is 60.0 Å². The van der Waals surface area contributed by atoms with E-state index in [-0.39, 0.29) is 11.7 Å². The molecular formula is C25H23BrN4OS. The number of aromatic nitrogens is 3. The van der Waals surface area contributed by atoms with Gasteiger partial charge in [0.15, 0.2) is 11.0 Å². The number of nitrogens with one attached hydrogen (secondary N) is 1. The Morgan fingerprint density at radius 1 is 1.03 bits per heavy atom. The fourth-order valence-corrected chi connectivity index (χ4v) is 4.56. The van der Waals surface area contributed by atoms with Gasteiger partial charge in [-0.1, -0.05) is 77.1 Å². The number of hydrogen-bond acceptors (Lipinski definition) is 4. The van der Waals surface area contributed by atoms with Gasteiger partial charge in [-0.15, -0.1) is 10.2 Å². The number of nitrogens with zero attached hydrogens (tertiary/aromatic N) is 3. The second-order valence-corrected chi connectivity index (χ2v) is 9.18. The fourth-order valence-electron chi connectivity index (χ4n) is 3.33. The van der Waals surface area contributed by atoms with Crippen molar-refractivity contribution in [3.05, 3.63) is 88.4 Å². The minimum Gasteiger partial charge on any atom is -0.325 e. The third kappa shape index (κ3) is 5.11. The third-order valence-corrected chi connectivity index (χ3v) is 6.49. The summed E-state index contributed by atoms with van der Waals surface area (Å²) in [7, 11) is 0.